The molecule has 0 amide bonds. The molecule has 5 N–H and O–H groups in total. The van der Waals surface area contributed by atoms with E-state index in [0.717, 1.165) is 42.0 Å². The van der Waals surface area contributed by atoms with Gasteiger partial charge in [0, 0.05) is 30.5 Å². The third-order valence-electron chi connectivity index (χ3n) is 3.75. The second-order valence-corrected chi connectivity index (χ2v) is 5.53. The minimum absolute atomic E-state index is 0.299. The Kier molecular flexibility index (Phi) is 6.32. The lowest BCUT2D eigenvalue weighted by molar-refractivity contribution is 0.0188. The Morgan fingerprint density at radius 2 is 2.32 bits per heavy atom. The van der Waals surface area contributed by atoms with Crippen molar-refractivity contribution in [2.75, 3.05) is 19.7 Å². The number of hydrogen-bond donors (Lipinski definition) is 3. The van der Waals surface area contributed by atoms with E-state index in [1.165, 1.54) is 12.8 Å². The standard InChI is InChI=1S/C18H25N3O/c1-14-11-15(5-4-9-19)7-8-17(14)18(20)13-21-12-16-6-2-3-10-22-16/h7-8,11,13,16,21H,2-3,6,9-10,12,19-20H2,1H3/b18-13-. The first-order valence-electron chi connectivity index (χ1n) is 7.81. The van der Waals surface area contributed by atoms with Crippen molar-refractivity contribution in [1.29, 1.82) is 0 Å². The van der Waals surface area contributed by atoms with Crippen molar-refractivity contribution in [2.45, 2.75) is 32.3 Å². The fourth-order valence-electron chi connectivity index (χ4n) is 2.56. The van der Waals surface area contributed by atoms with Crippen LogP contribution in [0, 0.1) is 18.8 Å². The van der Waals surface area contributed by atoms with Gasteiger partial charge in [-0.2, -0.15) is 0 Å². The van der Waals surface area contributed by atoms with Crippen LogP contribution >= 0.6 is 0 Å². The molecule has 1 unspecified atom stereocenters. The predicted octanol–water partition coefficient (Wildman–Crippen LogP) is 1.72. The number of benzene rings is 1. The summed E-state index contributed by atoms with van der Waals surface area (Å²) in [6.07, 6.45) is 5.70. The summed E-state index contributed by atoms with van der Waals surface area (Å²) >= 11 is 0. The van der Waals surface area contributed by atoms with Gasteiger partial charge >= 0.3 is 0 Å². The largest absolute Gasteiger partial charge is 0.397 e. The molecular weight excluding hydrogens is 274 g/mol. The Hall–Kier alpha value is -1.96. The number of nitrogens with two attached hydrogens (primary N) is 2. The van der Waals surface area contributed by atoms with Crippen molar-refractivity contribution in [3.63, 3.8) is 0 Å². The molecule has 0 spiro atoms. The molecule has 1 aliphatic heterocycles. The monoisotopic (exact) mass is 299 g/mol. The molecule has 4 heteroatoms. The van der Waals surface area contributed by atoms with Crippen LogP contribution in [0.1, 0.15) is 36.0 Å². The van der Waals surface area contributed by atoms with Gasteiger partial charge in [-0.25, -0.2) is 0 Å². The topological polar surface area (TPSA) is 73.3 Å². The molecule has 4 nitrogen and oxygen atoms in total. The van der Waals surface area contributed by atoms with E-state index < -0.39 is 0 Å². The summed E-state index contributed by atoms with van der Waals surface area (Å²) in [5.74, 6) is 5.89. The van der Waals surface area contributed by atoms with Crippen LogP contribution in [0.3, 0.4) is 0 Å². The zero-order chi connectivity index (χ0) is 15.8. The highest BCUT2D eigenvalue weighted by Crippen LogP contribution is 2.16. The molecule has 1 atom stereocenters. The maximum atomic E-state index is 6.16. The minimum atomic E-state index is 0.299. The van der Waals surface area contributed by atoms with Gasteiger partial charge in [0.1, 0.15) is 0 Å². The van der Waals surface area contributed by atoms with Crippen LogP contribution < -0.4 is 16.8 Å². The van der Waals surface area contributed by atoms with Crippen molar-refractivity contribution in [1.82, 2.24) is 5.32 Å². The molecule has 1 fully saturated rings. The average molecular weight is 299 g/mol. The Morgan fingerprint density at radius 3 is 3.00 bits per heavy atom. The van der Waals surface area contributed by atoms with Gasteiger partial charge in [0.2, 0.25) is 0 Å². The van der Waals surface area contributed by atoms with Gasteiger partial charge in [-0.05, 0) is 43.9 Å². The maximum absolute atomic E-state index is 6.16. The summed E-state index contributed by atoms with van der Waals surface area (Å²) in [5.41, 5.74) is 15.4. The molecule has 1 aromatic carbocycles. The Balaban J connectivity index is 1.95. The quantitative estimate of drug-likeness (QED) is 0.740. The van der Waals surface area contributed by atoms with E-state index >= 15 is 0 Å². The lowest BCUT2D eigenvalue weighted by atomic mass is 10.0. The molecule has 0 radical (unpaired) electrons. The average Bonchev–Trinajstić information content (AvgIpc) is 2.54. The molecule has 1 aliphatic rings. The van der Waals surface area contributed by atoms with Crippen LogP contribution in [0.2, 0.25) is 0 Å². The van der Waals surface area contributed by atoms with Crippen molar-refractivity contribution in [3.05, 3.63) is 41.1 Å². The highest BCUT2D eigenvalue weighted by Gasteiger charge is 2.12. The number of ether oxygens (including phenoxy) is 1. The molecule has 2 rings (SSSR count). The maximum Gasteiger partial charge on any atom is 0.0747 e. The summed E-state index contributed by atoms with van der Waals surface area (Å²) < 4.78 is 5.68. The Labute approximate surface area is 132 Å². The van der Waals surface area contributed by atoms with Crippen molar-refractivity contribution in [2.24, 2.45) is 11.5 Å². The molecule has 1 saturated heterocycles. The van der Waals surface area contributed by atoms with E-state index in [1.54, 1.807) is 0 Å². The van der Waals surface area contributed by atoms with E-state index in [-0.39, 0.29) is 0 Å². The molecule has 0 aromatic heterocycles. The van der Waals surface area contributed by atoms with E-state index in [2.05, 4.69) is 17.2 Å². The van der Waals surface area contributed by atoms with Crippen LogP contribution in [-0.2, 0) is 4.74 Å². The fourth-order valence-corrected chi connectivity index (χ4v) is 2.56. The molecule has 1 heterocycles. The summed E-state index contributed by atoms with van der Waals surface area (Å²) in [5, 5.41) is 3.27. The third kappa shape index (κ3) is 4.80. The van der Waals surface area contributed by atoms with Crippen LogP contribution in [0.25, 0.3) is 5.70 Å². The van der Waals surface area contributed by atoms with Crippen molar-refractivity contribution >= 4 is 5.70 Å². The number of nitrogens with one attached hydrogen (secondary N) is 1. The van der Waals surface area contributed by atoms with Gasteiger partial charge in [0.05, 0.1) is 18.3 Å². The molecule has 0 saturated carbocycles. The molecule has 0 bridgehead atoms. The van der Waals surface area contributed by atoms with Crippen LogP contribution in [-0.4, -0.2) is 25.8 Å². The number of hydrogen-bond acceptors (Lipinski definition) is 4. The smallest absolute Gasteiger partial charge is 0.0747 e. The first-order valence-corrected chi connectivity index (χ1v) is 7.81. The van der Waals surface area contributed by atoms with Crippen LogP contribution in [0.15, 0.2) is 24.4 Å². The predicted molar refractivity (Wildman–Crippen MR) is 90.9 cm³/mol. The van der Waals surface area contributed by atoms with E-state index in [1.807, 2.05) is 31.3 Å². The van der Waals surface area contributed by atoms with E-state index in [0.29, 0.717) is 12.6 Å². The summed E-state index contributed by atoms with van der Waals surface area (Å²) in [6.45, 7) is 4.08. The van der Waals surface area contributed by atoms with E-state index in [9.17, 15) is 0 Å². The molecule has 118 valence electrons. The summed E-state index contributed by atoms with van der Waals surface area (Å²) in [4.78, 5) is 0. The zero-order valence-electron chi connectivity index (χ0n) is 13.2. The zero-order valence-corrected chi connectivity index (χ0v) is 13.2. The molecular formula is C18H25N3O. The van der Waals surface area contributed by atoms with Gasteiger partial charge in [-0.3, -0.25) is 0 Å². The third-order valence-corrected chi connectivity index (χ3v) is 3.75. The van der Waals surface area contributed by atoms with Gasteiger partial charge in [-0.1, -0.05) is 17.9 Å². The van der Waals surface area contributed by atoms with Gasteiger partial charge in [0.15, 0.2) is 0 Å². The SMILES string of the molecule is Cc1cc(C#CCN)ccc1/C(N)=C/NCC1CCCCO1. The fraction of sp³-hybridized carbons (Fsp3) is 0.444. The Morgan fingerprint density at radius 1 is 1.45 bits per heavy atom. The summed E-state index contributed by atoms with van der Waals surface area (Å²) in [6, 6.07) is 6.00. The first-order chi connectivity index (χ1) is 10.7. The summed E-state index contributed by atoms with van der Waals surface area (Å²) in [7, 11) is 0. The second kappa shape index (κ2) is 8.47. The lowest BCUT2D eigenvalue weighted by Gasteiger charge is -2.22. The van der Waals surface area contributed by atoms with Crippen molar-refractivity contribution in [3.8, 4) is 11.8 Å². The van der Waals surface area contributed by atoms with Crippen LogP contribution in [0.5, 0.6) is 0 Å². The van der Waals surface area contributed by atoms with E-state index in [4.69, 9.17) is 16.2 Å². The minimum Gasteiger partial charge on any atom is -0.397 e. The highest BCUT2D eigenvalue weighted by molar-refractivity contribution is 5.66. The number of rotatable bonds is 4. The van der Waals surface area contributed by atoms with Gasteiger partial charge in [-0.15, -0.1) is 0 Å². The van der Waals surface area contributed by atoms with Crippen molar-refractivity contribution < 1.29 is 4.74 Å². The van der Waals surface area contributed by atoms with Gasteiger partial charge in [0.25, 0.3) is 0 Å². The molecule has 22 heavy (non-hydrogen) atoms. The molecule has 1 aromatic rings. The Bertz CT molecular complexity index is 578. The van der Waals surface area contributed by atoms with Gasteiger partial charge < -0.3 is 21.5 Å². The number of aryl methyl sites for hydroxylation is 1. The first kappa shape index (κ1) is 16.4. The highest BCUT2D eigenvalue weighted by atomic mass is 16.5. The lowest BCUT2D eigenvalue weighted by Crippen LogP contribution is -2.29. The second-order valence-electron chi connectivity index (χ2n) is 5.53. The van der Waals surface area contributed by atoms with Crippen LogP contribution in [0.4, 0.5) is 0 Å². The normalized spacial score (nSPS) is 18.5. The molecule has 0 aliphatic carbocycles.